The summed E-state index contributed by atoms with van der Waals surface area (Å²) in [6.45, 7) is 5.74. The smallest absolute Gasteiger partial charge is 0.00657 e. The number of thioether (sulfide) groups is 1. The van der Waals surface area contributed by atoms with Gasteiger partial charge < -0.3 is 0 Å². The van der Waals surface area contributed by atoms with Gasteiger partial charge in [-0.3, -0.25) is 0 Å². The molecule has 0 bridgehead atoms. The van der Waals surface area contributed by atoms with Gasteiger partial charge in [-0.05, 0) is 18.8 Å². The van der Waals surface area contributed by atoms with Gasteiger partial charge in [-0.1, -0.05) is 31.7 Å². The molecule has 12 heavy (non-hydrogen) atoms. The molecule has 68 valence electrons. The molecular weight excluding hydrogens is 184 g/mol. The summed E-state index contributed by atoms with van der Waals surface area (Å²) in [6.07, 6.45) is 11.1. The number of thiol groups is 1. The van der Waals surface area contributed by atoms with E-state index >= 15 is 0 Å². The standard InChI is InChI=1S/C10H16S2/c1-4-6-10(12-3)8-5-7-9(2)11/h4-6,8-9,11H,1,7H2,2-3H3/b8-5-,10-6+. The van der Waals surface area contributed by atoms with Crippen molar-refractivity contribution in [3.8, 4) is 0 Å². The van der Waals surface area contributed by atoms with Gasteiger partial charge >= 0.3 is 0 Å². The molecule has 0 spiro atoms. The van der Waals surface area contributed by atoms with E-state index in [1.54, 1.807) is 17.8 Å². The SMILES string of the molecule is C=C/C=C(\C=C/CC(C)S)SC. The van der Waals surface area contributed by atoms with Gasteiger partial charge in [0.1, 0.15) is 0 Å². The highest BCUT2D eigenvalue weighted by Crippen LogP contribution is 2.13. The lowest BCUT2D eigenvalue weighted by Crippen LogP contribution is -1.85. The van der Waals surface area contributed by atoms with Crippen molar-refractivity contribution in [1.82, 2.24) is 0 Å². The molecule has 0 aliphatic carbocycles. The zero-order valence-electron chi connectivity index (χ0n) is 7.66. The minimum absolute atomic E-state index is 0.438. The number of allylic oxidation sites excluding steroid dienone is 4. The molecule has 0 saturated heterocycles. The van der Waals surface area contributed by atoms with Crippen molar-refractivity contribution in [3.05, 3.63) is 35.8 Å². The molecule has 0 aliphatic heterocycles. The predicted octanol–water partition coefficient (Wildman–Crippen LogP) is 3.68. The van der Waals surface area contributed by atoms with Gasteiger partial charge in [0.25, 0.3) is 0 Å². The summed E-state index contributed by atoms with van der Waals surface area (Å²) in [5.41, 5.74) is 0. The maximum absolute atomic E-state index is 4.28. The van der Waals surface area contributed by atoms with Crippen LogP contribution in [-0.4, -0.2) is 11.5 Å². The van der Waals surface area contributed by atoms with E-state index in [0.717, 1.165) is 6.42 Å². The Morgan fingerprint density at radius 1 is 1.67 bits per heavy atom. The fourth-order valence-electron chi connectivity index (χ4n) is 0.689. The average Bonchev–Trinajstić information content (AvgIpc) is 2.02. The molecule has 0 nitrogen and oxygen atoms in total. The van der Waals surface area contributed by atoms with Crippen molar-refractivity contribution in [2.45, 2.75) is 18.6 Å². The zero-order valence-corrected chi connectivity index (χ0v) is 9.37. The Labute approximate surface area is 85.2 Å². The monoisotopic (exact) mass is 200 g/mol. The topological polar surface area (TPSA) is 0 Å². The van der Waals surface area contributed by atoms with Gasteiger partial charge in [0.15, 0.2) is 0 Å². The molecule has 0 aliphatic rings. The van der Waals surface area contributed by atoms with Crippen LogP contribution in [0.4, 0.5) is 0 Å². The lowest BCUT2D eigenvalue weighted by molar-refractivity contribution is 0.990. The predicted molar refractivity (Wildman–Crippen MR) is 64.0 cm³/mol. The fourth-order valence-corrected chi connectivity index (χ4v) is 1.28. The molecule has 0 rings (SSSR count). The lowest BCUT2D eigenvalue weighted by atomic mass is 10.3. The summed E-state index contributed by atoms with van der Waals surface area (Å²) in [7, 11) is 0. The first-order valence-electron chi connectivity index (χ1n) is 3.92. The molecule has 0 saturated carbocycles. The summed E-state index contributed by atoms with van der Waals surface area (Å²) in [6, 6.07) is 0. The molecule has 0 aromatic carbocycles. The minimum Gasteiger partial charge on any atom is -0.176 e. The normalized spacial score (nSPS) is 15.1. The summed E-state index contributed by atoms with van der Waals surface area (Å²) in [5.74, 6) is 0. The second kappa shape index (κ2) is 7.56. The quantitative estimate of drug-likeness (QED) is 0.522. The summed E-state index contributed by atoms with van der Waals surface area (Å²) >= 11 is 6.01. The maximum Gasteiger partial charge on any atom is 0.00657 e. The molecule has 0 fully saturated rings. The summed E-state index contributed by atoms with van der Waals surface area (Å²) in [4.78, 5) is 1.24. The van der Waals surface area contributed by atoms with Crippen LogP contribution in [0.25, 0.3) is 0 Å². The van der Waals surface area contributed by atoms with Crippen molar-refractivity contribution in [2.75, 3.05) is 6.26 Å². The number of hydrogen-bond acceptors (Lipinski definition) is 2. The van der Waals surface area contributed by atoms with Crippen molar-refractivity contribution < 1.29 is 0 Å². The molecule has 1 atom stereocenters. The maximum atomic E-state index is 4.28. The molecule has 0 heterocycles. The number of hydrogen-bond donors (Lipinski definition) is 1. The molecule has 0 aromatic rings. The Hall–Kier alpha value is -0.0800. The highest BCUT2D eigenvalue weighted by molar-refractivity contribution is 8.02. The molecule has 0 aromatic heterocycles. The van der Waals surface area contributed by atoms with Crippen LogP contribution in [0.2, 0.25) is 0 Å². The fraction of sp³-hybridized carbons (Fsp3) is 0.400. The molecule has 2 heteroatoms. The van der Waals surface area contributed by atoms with Crippen LogP contribution < -0.4 is 0 Å². The first-order valence-corrected chi connectivity index (χ1v) is 5.66. The first-order chi connectivity index (χ1) is 5.70. The van der Waals surface area contributed by atoms with Crippen molar-refractivity contribution in [3.63, 3.8) is 0 Å². The average molecular weight is 200 g/mol. The van der Waals surface area contributed by atoms with Crippen LogP contribution in [0, 0.1) is 0 Å². The molecule has 1 unspecified atom stereocenters. The van der Waals surface area contributed by atoms with Gasteiger partial charge in [0, 0.05) is 10.2 Å². The van der Waals surface area contributed by atoms with Gasteiger partial charge in [0.05, 0.1) is 0 Å². The zero-order chi connectivity index (χ0) is 9.40. The molecule has 0 radical (unpaired) electrons. The third kappa shape index (κ3) is 6.62. The van der Waals surface area contributed by atoms with Crippen LogP contribution in [-0.2, 0) is 0 Å². The van der Waals surface area contributed by atoms with E-state index in [2.05, 4.69) is 44.5 Å². The van der Waals surface area contributed by atoms with Gasteiger partial charge in [-0.2, -0.15) is 12.6 Å². The minimum atomic E-state index is 0.438. The van der Waals surface area contributed by atoms with Crippen LogP contribution in [0.1, 0.15) is 13.3 Å². The van der Waals surface area contributed by atoms with Gasteiger partial charge in [0.2, 0.25) is 0 Å². The lowest BCUT2D eigenvalue weighted by Gasteiger charge is -1.97. The first kappa shape index (κ1) is 11.9. The highest BCUT2D eigenvalue weighted by atomic mass is 32.2. The Bertz CT molecular complexity index is 178. The summed E-state index contributed by atoms with van der Waals surface area (Å²) in [5, 5.41) is 0.438. The Morgan fingerprint density at radius 2 is 2.33 bits per heavy atom. The van der Waals surface area contributed by atoms with Crippen LogP contribution >= 0.6 is 24.4 Å². The van der Waals surface area contributed by atoms with Crippen molar-refractivity contribution in [2.24, 2.45) is 0 Å². The van der Waals surface area contributed by atoms with E-state index in [4.69, 9.17) is 0 Å². The van der Waals surface area contributed by atoms with E-state index < -0.39 is 0 Å². The third-order valence-corrected chi connectivity index (χ3v) is 2.23. The van der Waals surface area contributed by atoms with Gasteiger partial charge in [-0.25, -0.2) is 0 Å². The Morgan fingerprint density at radius 3 is 2.75 bits per heavy atom. The molecule has 0 N–H and O–H groups in total. The highest BCUT2D eigenvalue weighted by Gasteiger charge is 1.89. The van der Waals surface area contributed by atoms with Gasteiger partial charge in [-0.15, -0.1) is 11.8 Å². The number of rotatable bonds is 5. The van der Waals surface area contributed by atoms with Crippen LogP contribution in [0.5, 0.6) is 0 Å². The third-order valence-electron chi connectivity index (χ3n) is 1.28. The van der Waals surface area contributed by atoms with Crippen LogP contribution in [0.3, 0.4) is 0 Å². The van der Waals surface area contributed by atoms with E-state index in [1.165, 1.54) is 4.91 Å². The largest absolute Gasteiger partial charge is 0.176 e. The van der Waals surface area contributed by atoms with Crippen molar-refractivity contribution >= 4 is 24.4 Å². The van der Waals surface area contributed by atoms with Crippen molar-refractivity contribution in [1.29, 1.82) is 0 Å². The second-order valence-corrected chi connectivity index (χ2v) is 4.26. The Kier molecular flexibility index (Phi) is 7.51. The summed E-state index contributed by atoms with van der Waals surface area (Å²) < 4.78 is 0. The van der Waals surface area contributed by atoms with Crippen LogP contribution in [0.15, 0.2) is 35.8 Å². The van der Waals surface area contributed by atoms with E-state index in [1.807, 2.05) is 6.08 Å². The molecule has 0 amide bonds. The van der Waals surface area contributed by atoms with E-state index in [0.29, 0.717) is 5.25 Å². The molecular formula is C10H16S2. The van der Waals surface area contributed by atoms with E-state index in [-0.39, 0.29) is 0 Å². The van der Waals surface area contributed by atoms with E-state index in [9.17, 15) is 0 Å². The Balaban J connectivity index is 3.93. The second-order valence-electron chi connectivity index (χ2n) is 2.50.